The predicted octanol–water partition coefficient (Wildman–Crippen LogP) is 3.11. The minimum absolute atomic E-state index is 0.176. The van der Waals surface area contributed by atoms with Crippen molar-refractivity contribution in [2.75, 3.05) is 39.3 Å². The topological polar surface area (TPSA) is 13.0 Å². The number of hydrogen-bond acceptors (Lipinski definition) is 4. The summed E-state index contributed by atoms with van der Waals surface area (Å²) in [6.07, 6.45) is 13.1. The molecule has 6 fully saturated rings. The Bertz CT molecular complexity index is 371. The molecule has 0 aliphatic carbocycles. The third-order valence-electron chi connectivity index (χ3n) is 6.88. The zero-order valence-electron chi connectivity index (χ0n) is 14.6. The smallest absolute Gasteiger partial charge is 0.121 e. The Morgan fingerprint density at radius 1 is 0.522 bits per heavy atom. The molecule has 6 saturated heterocycles. The van der Waals surface area contributed by atoms with Crippen LogP contribution >= 0.6 is 8.37 Å². The van der Waals surface area contributed by atoms with Crippen molar-refractivity contribution in [2.24, 2.45) is 0 Å². The highest BCUT2D eigenvalue weighted by Crippen LogP contribution is 2.57. The first-order valence-corrected chi connectivity index (χ1v) is 11.4. The molecule has 0 aromatic heterocycles. The number of piperidine rings is 3. The summed E-state index contributed by atoms with van der Waals surface area (Å²) in [5, 5.41) is 0. The molecule has 6 rings (SSSR count). The van der Waals surface area contributed by atoms with Crippen LogP contribution in [0.2, 0.25) is 0 Å². The maximum Gasteiger partial charge on any atom is 0.121 e. The summed E-state index contributed by atoms with van der Waals surface area (Å²) >= 11 is 0. The highest BCUT2D eigenvalue weighted by molar-refractivity contribution is 7.50. The first kappa shape index (κ1) is 15.5. The molecule has 5 heteroatoms. The van der Waals surface area contributed by atoms with Crippen molar-refractivity contribution in [3.63, 3.8) is 0 Å². The number of hydrogen-bond donors (Lipinski definition) is 0. The lowest BCUT2D eigenvalue weighted by Crippen LogP contribution is -2.63. The SMILES string of the molecule is C1CCN2C(C1)CN1CC3CCCCN3P2N2CCCCC2C1. The van der Waals surface area contributed by atoms with E-state index in [2.05, 4.69) is 18.9 Å². The van der Waals surface area contributed by atoms with Crippen LogP contribution in [0.25, 0.3) is 0 Å². The molecule has 6 aliphatic heterocycles. The Morgan fingerprint density at radius 3 is 1.30 bits per heavy atom. The van der Waals surface area contributed by atoms with Gasteiger partial charge in [-0.15, -0.1) is 0 Å². The van der Waals surface area contributed by atoms with Gasteiger partial charge in [0.05, 0.1) is 0 Å². The summed E-state index contributed by atoms with van der Waals surface area (Å²) in [5.74, 6) is 0. The predicted molar refractivity (Wildman–Crippen MR) is 96.4 cm³/mol. The van der Waals surface area contributed by atoms with E-state index in [1.807, 2.05) is 0 Å². The van der Waals surface area contributed by atoms with Gasteiger partial charge in [0.1, 0.15) is 8.37 Å². The van der Waals surface area contributed by atoms with Crippen LogP contribution in [-0.2, 0) is 0 Å². The van der Waals surface area contributed by atoms with Gasteiger partial charge in [0.25, 0.3) is 0 Å². The van der Waals surface area contributed by atoms with Gasteiger partial charge in [-0.1, -0.05) is 19.3 Å². The first-order chi connectivity index (χ1) is 11.4. The molecule has 3 atom stereocenters. The Hall–Kier alpha value is 0.270. The summed E-state index contributed by atoms with van der Waals surface area (Å²) in [4.78, 5) is 2.89. The molecular formula is C18H33N4P. The second-order valence-corrected chi connectivity index (χ2v) is 10.5. The van der Waals surface area contributed by atoms with E-state index in [0.29, 0.717) is 0 Å². The summed E-state index contributed by atoms with van der Waals surface area (Å²) < 4.78 is 9.04. The highest BCUT2D eigenvalue weighted by Gasteiger charge is 2.48. The molecule has 0 saturated carbocycles. The Balaban J connectivity index is 1.54. The van der Waals surface area contributed by atoms with Crippen molar-refractivity contribution in [3.8, 4) is 0 Å². The van der Waals surface area contributed by atoms with Crippen molar-refractivity contribution in [1.29, 1.82) is 0 Å². The third-order valence-corrected chi connectivity index (χ3v) is 9.84. The summed E-state index contributed by atoms with van der Waals surface area (Å²) in [6, 6.07) is 2.54. The van der Waals surface area contributed by atoms with Crippen molar-refractivity contribution in [2.45, 2.75) is 75.9 Å². The molecule has 0 N–H and O–H groups in total. The Labute approximate surface area is 143 Å². The zero-order chi connectivity index (χ0) is 15.2. The number of nitrogens with zero attached hydrogens (tertiary/aromatic N) is 4. The summed E-state index contributed by atoms with van der Waals surface area (Å²) in [5.41, 5.74) is 0. The summed E-state index contributed by atoms with van der Waals surface area (Å²) in [7, 11) is -0.176. The molecule has 0 amide bonds. The maximum atomic E-state index is 3.01. The molecule has 4 nitrogen and oxygen atoms in total. The zero-order valence-corrected chi connectivity index (χ0v) is 15.5. The van der Waals surface area contributed by atoms with Crippen LogP contribution in [0.15, 0.2) is 0 Å². The molecule has 0 aromatic carbocycles. The fraction of sp³-hybridized carbons (Fsp3) is 1.00. The van der Waals surface area contributed by atoms with Crippen molar-refractivity contribution >= 4 is 8.37 Å². The third kappa shape index (κ3) is 2.79. The molecule has 0 radical (unpaired) electrons. The average molecular weight is 336 g/mol. The van der Waals surface area contributed by atoms with Gasteiger partial charge in [0.2, 0.25) is 0 Å². The van der Waals surface area contributed by atoms with Crippen molar-refractivity contribution < 1.29 is 0 Å². The molecule has 6 heterocycles. The lowest BCUT2D eigenvalue weighted by molar-refractivity contribution is 0.0460. The van der Waals surface area contributed by atoms with Gasteiger partial charge >= 0.3 is 0 Å². The Kier molecular flexibility index (Phi) is 4.41. The molecule has 6 aliphatic rings. The van der Waals surface area contributed by atoms with Gasteiger partial charge in [-0.3, -0.25) is 18.9 Å². The van der Waals surface area contributed by atoms with Crippen molar-refractivity contribution in [3.05, 3.63) is 0 Å². The van der Waals surface area contributed by atoms with Crippen LogP contribution in [0.5, 0.6) is 0 Å². The highest BCUT2D eigenvalue weighted by atomic mass is 31.2. The summed E-state index contributed by atoms with van der Waals surface area (Å²) in [6.45, 7) is 8.22. The fourth-order valence-electron chi connectivity index (χ4n) is 5.78. The van der Waals surface area contributed by atoms with Gasteiger partial charge in [-0.25, -0.2) is 0 Å². The van der Waals surface area contributed by atoms with Crippen LogP contribution in [0.1, 0.15) is 57.8 Å². The largest absolute Gasteiger partial charge is 0.299 e. The van der Waals surface area contributed by atoms with E-state index in [1.54, 1.807) is 0 Å². The average Bonchev–Trinajstić information content (AvgIpc) is 2.55. The lowest BCUT2D eigenvalue weighted by Gasteiger charge is -2.60. The fourth-order valence-corrected chi connectivity index (χ4v) is 9.07. The Morgan fingerprint density at radius 2 is 0.913 bits per heavy atom. The second-order valence-electron chi connectivity index (χ2n) is 8.42. The molecule has 3 unspecified atom stereocenters. The molecule has 0 aromatic rings. The van der Waals surface area contributed by atoms with Gasteiger partial charge in [0.15, 0.2) is 0 Å². The van der Waals surface area contributed by atoms with Crippen molar-refractivity contribution in [1.82, 2.24) is 18.9 Å². The molecule has 0 spiro atoms. The van der Waals surface area contributed by atoms with Gasteiger partial charge in [0, 0.05) is 57.4 Å². The van der Waals surface area contributed by atoms with Crippen LogP contribution in [0, 0.1) is 0 Å². The van der Waals surface area contributed by atoms with Gasteiger partial charge < -0.3 is 0 Å². The van der Waals surface area contributed by atoms with Crippen LogP contribution in [0.4, 0.5) is 0 Å². The number of rotatable bonds is 0. The van der Waals surface area contributed by atoms with Crippen LogP contribution in [-0.4, -0.2) is 76.3 Å². The van der Waals surface area contributed by atoms with E-state index in [0.717, 1.165) is 18.1 Å². The lowest BCUT2D eigenvalue weighted by atomic mass is 9.99. The van der Waals surface area contributed by atoms with E-state index in [-0.39, 0.29) is 8.37 Å². The van der Waals surface area contributed by atoms with Gasteiger partial charge in [-0.05, 0) is 38.5 Å². The normalized spacial score (nSPS) is 46.2. The molecule has 2 bridgehead atoms. The first-order valence-electron chi connectivity index (χ1n) is 10.2. The van der Waals surface area contributed by atoms with E-state index in [9.17, 15) is 0 Å². The molecule has 23 heavy (non-hydrogen) atoms. The molecule has 130 valence electrons. The standard InChI is InChI=1S/C18H33N4P/c1-4-10-20-16(7-1)13-19-14-17-8-2-5-11-21(17)23(20)22-12-6-3-9-18(22)15-19/h16-18H,1-15H2. The van der Waals surface area contributed by atoms with Gasteiger partial charge in [-0.2, -0.15) is 0 Å². The van der Waals surface area contributed by atoms with E-state index >= 15 is 0 Å². The minimum atomic E-state index is -0.176. The monoisotopic (exact) mass is 336 g/mol. The van der Waals surface area contributed by atoms with E-state index in [1.165, 1.54) is 97.1 Å². The molecular weight excluding hydrogens is 303 g/mol. The van der Waals surface area contributed by atoms with Crippen LogP contribution < -0.4 is 0 Å². The van der Waals surface area contributed by atoms with Crippen LogP contribution in [0.3, 0.4) is 0 Å². The quantitative estimate of drug-likeness (QED) is 0.630. The maximum absolute atomic E-state index is 3.01. The second kappa shape index (κ2) is 6.53. The van der Waals surface area contributed by atoms with E-state index in [4.69, 9.17) is 0 Å². The minimum Gasteiger partial charge on any atom is -0.299 e. The van der Waals surface area contributed by atoms with E-state index < -0.39 is 0 Å².